The highest BCUT2D eigenvalue weighted by Gasteiger charge is 2.03. The first-order valence-electron chi connectivity index (χ1n) is 5.40. The van der Waals surface area contributed by atoms with Crippen LogP contribution in [0.3, 0.4) is 0 Å². The van der Waals surface area contributed by atoms with Gasteiger partial charge in [-0.3, -0.25) is 4.68 Å². The van der Waals surface area contributed by atoms with Crippen LogP contribution in [-0.4, -0.2) is 9.78 Å². The summed E-state index contributed by atoms with van der Waals surface area (Å²) in [5, 5.41) is 7.25. The van der Waals surface area contributed by atoms with E-state index in [1.54, 1.807) is 0 Å². The van der Waals surface area contributed by atoms with E-state index in [1.165, 1.54) is 6.07 Å². The lowest BCUT2D eigenvalue weighted by molar-refractivity contribution is 0.509. The summed E-state index contributed by atoms with van der Waals surface area (Å²) in [5.41, 5.74) is 1.39. The van der Waals surface area contributed by atoms with Crippen LogP contribution >= 0.6 is 0 Å². The molecule has 0 bridgehead atoms. The molecule has 5 heteroatoms. The molecule has 90 valence electrons. The molecule has 0 radical (unpaired) electrons. The van der Waals surface area contributed by atoms with Gasteiger partial charge in [-0.05, 0) is 25.1 Å². The summed E-state index contributed by atoms with van der Waals surface area (Å²) in [6.45, 7) is 3.29. The third-order valence-corrected chi connectivity index (χ3v) is 2.41. The molecule has 1 aromatic carbocycles. The number of hydrogen-bond donors (Lipinski definition) is 1. The summed E-state index contributed by atoms with van der Waals surface area (Å²) >= 11 is 0. The molecule has 0 unspecified atom stereocenters. The third-order valence-electron chi connectivity index (χ3n) is 2.41. The Kier molecular flexibility index (Phi) is 3.37. The molecular weight excluding hydrogens is 224 g/mol. The Bertz CT molecular complexity index is 508. The predicted molar refractivity (Wildman–Crippen MR) is 61.6 cm³/mol. The molecule has 0 fully saturated rings. The SMILES string of the molecule is CCn1ccc(CNc2ccc(F)c(F)c2)n1. The molecule has 0 atom stereocenters. The van der Waals surface area contributed by atoms with Crippen molar-refractivity contribution in [3.05, 3.63) is 47.8 Å². The molecule has 0 aliphatic rings. The highest BCUT2D eigenvalue weighted by Crippen LogP contribution is 2.13. The smallest absolute Gasteiger partial charge is 0.160 e. The molecule has 0 aliphatic carbocycles. The quantitative estimate of drug-likeness (QED) is 0.886. The summed E-state index contributed by atoms with van der Waals surface area (Å²) in [4.78, 5) is 0. The van der Waals surface area contributed by atoms with E-state index in [4.69, 9.17) is 0 Å². The molecule has 2 aromatic rings. The minimum absolute atomic E-state index is 0.484. The van der Waals surface area contributed by atoms with E-state index in [9.17, 15) is 8.78 Å². The van der Waals surface area contributed by atoms with Gasteiger partial charge in [0.1, 0.15) is 0 Å². The molecule has 1 N–H and O–H groups in total. The van der Waals surface area contributed by atoms with Crippen molar-refractivity contribution in [2.24, 2.45) is 0 Å². The Morgan fingerprint density at radius 1 is 1.24 bits per heavy atom. The van der Waals surface area contributed by atoms with Crippen LogP contribution in [0.25, 0.3) is 0 Å². The van der Waals surface area contributed by atoms with Crippen molar-refractivity contribution in [1.29, 1.82) is 0 Å². The maximum absolute atomic E-state index is 12.9. The summed E-state index contributed by atoms with van der Waals surface area (Å²) in [5.74, 6) is -1.69. The zero-order valence-electron chi connectivity index (χ0n) is 9.45. The summed E-state index contributed by atoms with van der Waals surface area (Å²) in [7, 11) is 0. The molecule has 0 saturated carbocycles. The number of hydrogen-bond acceptors (Lipinski definition) is 2. The Labute approximate surface area is 98.1 Å². The van der Waals surface area contributed by atoms with Gasteiger partial charge in [-0.15, -0.1) is 0 Å². The normalized spacial score (nSPS) is 10.5. The number of aryl methyl sites for hydroxylation is 1. The van der Waals surface area contributed by atoms with Gasteiger partial charge in [0.05, 0.1) is 12.2 Å². The molecule has 1 heterocycles. The number of rotatable bonds is 4. The average molecular weight is 237 g/mol. The average Bonchev–Trinajstić information content (AvgIpc) is 2.79. The molecule has 2 rings (SSSR count). The lowest BCUT2D eigenvalue weighted by Gasteiger charge is -2.04. The highest BCUT2D eigenvalue weighted by molar-refractivity contribution is 5.43. The standard InChI is InChI=1S/C12H13F2N3/c1-2-17-6-5-10(16-17)8-15-9-3-4-11(13)12(14)7-9/h3-7,15H,2,8H2,1H3. The predicted octanol–water partition coefficient (Wildman–Crippen LogP) is 2.79. The second-order valence-corrected chi connectivity index (χ2v) is 3.65. The van der Waals surface area contributed by atoms with E-state index in [-0.39, 0.29) is 0 Å². The highest BCUT2D eigenvalue weighted by atomic mass is 19.2. The number of nitrogens with one attached hydrogen (secondary N) is 1. The number of anilines is 1. The van der Waals surface area contributed by atoms with Gasteiger partial charge < -0.3 is 5.32 Å². The van der Waals surface area contributed by atoms with Crippen LogP contribution < -0.4 is 5.32 Å². The molecule has 0 aliphatic heterocycles. The van der Waals surface area contributed by atoms with Gasteiger partial charge in [0, 0.05) is 24.5 Å². The van der Waals surface area contributed by atoms with E-state index in [2.05, 4.69) is 10.4 Å². The first kappa shape index (κ1) is 11.6. The first-order valence-corrected chi connectivity index (χ1v) is 5.40. The zero-order chi connectivity index (χ0) is 12.3. The van der Waals surface area contributed by atoms with Gasteiger partial charge in [0.25, 0.3) is 0 Å². The van der Waals surface area contributed by atoms with Crippen molar-refractivity contribution in [3.63, 3.8) is 0 Å². The van der Waals surface area contributed by atoms with E-state index in [0.717, 1.165) is 24.4 Å². The maximum atomic E-state index is 12.9. The van der Waals surface area contributed by atoms with Crippen molar-refractivity contribution >= 4 is 5.69 Å². The fraction of sp³-hybridized carbons (Fsp3) is 0.250. The van der Waals surface area contributed by atoms with Crippen LogP contribution in [0.2, 0.25) is 0 Å². The monoisotopic (exact) mass is 237 g/mol. The second kappa shape index (κ2) is 4.95. The van der Waals surface area contributed by atoms with E-state index < -0.39 is 11.6 Å². The van der Waals surface area contributed by atoms with Crippen LogP contribution in [0.15, 0.2) is 30.5 Å². The minimum Gasteiger partial charge on any atom is -0.379 e. The van der Waals surface area contributed by atoms with Crippen LogP contribution in [0.5, 0.6) is 0 Å². The summed E-state index contributed by atoms with van der Waals surface area (Å²) in [6.07, 6.45) is 1.88. The Balaban J connectivity index is 1.99. The van der Waals surface area contributed by atoms with Crippen molar-refractivity contribution in [2.45, 2.75) is 20.0 Å². The van der Waals surface area contributed by atoms with Crippen molar-refractivity contribution in [2.75, 3.05) is 5.32 Å². The molecule has 0 amide bonds. The van der Waals surface area contributed by atoms with Crippen molar-refractivity contribution in [3.8, 4) is 0 Å². The number of aromatic nitrogens is 2. The van der Waals surface area contributed by atoms with Crippen LogP contribution in [0.4, 0.5) is 14.5 Å². The van der Waals surface area contributed by atoms with Crippen LogP contribution in [0.1, 0.15) is 12.6 Å². The van der Waals surface area contributed by atoms with Gasteiger partial charge in [-0.25, -0.2) is 8.78 Å². The summed E-state index contributed by atoms with van der Waals surface area (Å²) in [6, 6.07) is 5.61. The molecule has 3 nitrogen and oxygen atoms in total. The van der Waals surface area contributed by atoms with E-state index in [1.807, 2.05) is 23.9 Å². The van der Waals surface area contributed by atoms with Gasteiger partial charge in [0.15, 0.2) is 11.6 Å². The summed E-state index contributed by atoms with van der Waals surface area (Å²) < 4.78 is 27.4. The Morgan fingerprint density at radius 2 is 2.06 bits per heavy atom. The third kappa shape index (κ3) is 2.81. The fourth-order valence-electron chi connectivity index (χ4n) is 1.47. The van der Waals surface area contributed by atoms with Gasteiger partial charge in [-0.2, -0.15) is 5.10 Å². The van der Waals surface area contributed by atoms with E-state index >= 15 is 0 Å². The first-order chi connectivity index (χ1) is 8.19. The van der Waals surface area contributed by atoms with Gasteiger partial charge >= 0.3 is 0 Å². The minimum atomic E-state index is -0.853. The Hall–Kier alpha value is -1.91. The topological polar surface area (TPSA) is 29.9 Å². The van der Waals surface area contributed by atoms with Crippen LogP contribution in [0, 0.1) is 11.6 Å². The number of nitrogens with zero attached hydrogens (tertiary/aromatic N) is 2. The Morgan fingerprint density at radius 3 is 2.71 bits per heavy atom. The fourth-order valence-corrected chi connectivity index (χ4v) is 1.47. The van der Waals surface area contributed by atoms with Crippen molar-refractivity contribution < 1.29 is 8.78 Å². The second-order valence-electron chi connectivity index (χ2n) is 3.65. The largest absolute Gasteiger partial charge is 0.379 e. The van der Waals surface area contributed by atoms with Gasteiger partial charge in [-0.1, -0.05) is 0 Å². The molecule has 17 heavy (non-hydrogen) atoms. The molecule has 0 spiro atoms. The molecular formula is C12H13F2N3. The van der Waals surface area contributed by atoms with Crippen molar-refractivity contribution in [1.82, 2.24) is 9.78 Å². The lowest BCUT2D eigenvalue weighted by Crippen LogP contribution is -2.02. The van der Waals surface area contributed by atoms with Crippen LogP contribution in [-0.2, 0) is 13.1 Å². The number of halogens is 2. The molecule has 0 saturated heterocycles. The van der Waals surface area contributed by atoms with E-state index in [0.29, 0.717) is 12.2 Å². The zero-order valence-corrected chi connectivity index (χ0v) is 9.45. The molecule has 1 aromatic heterocycles. The maximum Gasteiger partial charge on any atom is 0.160 e. The van der Waals surface area contributed by atoms with Gasteiger partial charge in [0.2, 0.25) is 0 Å². The number of benzene rings is 1. The lowest BCUT2D eigenvalue weighted by atomic mass is 10.3.